The van der Waals surface area contributed by atoms with E-state index in [-0.39, 0.29) is 17.9 Å². The summed E-state index contributed by atoms with van der Waals surface area (Å²) >= 11 is 1.74. The number of rotatable bonds is 6. The van der Waals surface area contributed by atoms with Crippen LogP contribution in [0.3, 0.4) is 0 Å². The summed E-state index contributed by atoms with van der Waals surface area (Å²) in [7, 11) is 1.71. The van der Waals surface area contributed by atoms with Gasteiger partial charge in [0.25, 0.3) is 0 Å². The van der Waals surface area contributed by atoms with E-state index in [9.17, 15) is 4.79 Å². The smallest absolute Gasteiger partial charge is 0.225 e. The van der Waals surface area contributed by atoms with Crippen LogP contribution in [-0.4, -0.2) is 45.2 Å². The van der Waals surface area contributed by atoms with Crippen molar-refractivity contribution < 1.29 is 9.53 Å². The number of carbonyl (C=O) groups excluding carboxylic acids is 1. The third-order valence-electron chi connectivity index (χ3n) is 6.63. The zero-order chi connectivity index (χ0) is 21.9. The highest BCUT2D eigenvalue weighted by Gasteiger charge is 2.41. The van der Waals surface area contributed by atoms with E-state index in [1.807, 2.05) is 12.1 Å². The molecule has 1 N–H and O–H groups in total. The molecule has 0 unspecified atom stereocenters. The van der Waals surface area contributed by atoms with Crippen LogP contribution in [0, 0.1) is 5.92 Å². The first-order chi connectivity index (χ1) is 15.7. The van der Waals surface area contributed by atoms with Gasteiger partial charge in [-0.3, -0.25) is 4.79 Å². The molecular weight excluding hydrogens is 418 g/mol. The second-order valence-corrected chi connectivity index (χ2v) is 9.50. The van der Waals surface area contributed by atoms with Gasteiger partial charge in [-0.2, -0.15) is 0 Å². The van der Waals surface area contributed by atoms with Crippen LogP contribution in [0.1, 0.15) is 10.4 Å². The highest BCUT2D eigenvalue weighted by atomic mass is 32.1. The third kappa shape index (κ3) is 4.19. The SMILES string of the molecule is COc1ccc2c(c1)N1CCN(c3ccccc3)C[C@@H]1[C@@H](C(=O)NCCc1cccs1)C2. The molecule has 166 valence electrons. The van der Waals surface area contributed by atoms with Crippen molar-refractivity contribution in [3.63, 3.8) is 0 Å². The van der Waals surface area contributed by atoms with E-state index in [0.717, 1.165) is 38.2 Å². The lowest BCUT2D eigenvalue weighted by Crippen LogP contribution is -2.61. The van der Waals surface area contributed by atoms with E-state index < -0.39 is 0 Å². The Morgan fingerprint density at radius 2 is 2.00 bits per heavy atom. The molecule has 3 aromatic rings. The van der Waals surface area contributed by atoms with E-state index in [1.165, 1.54) is 21.8 Å². The normalized spacial score (nSPS) is 19.8. The first-order valence-electron chi connectivity index (χ1n) is 11.3. The fraction of sp³-hybridized carbons (Fsp3) is 0.346. The number of para-hydroxylation sites is 1. The standard InChI is InChI=1S/C26H29N3O2S/c1-31-21-10-9-19-16-23(26(30)27-12-11-22-8-5-15-32-22)25-18-28(20-6-3-2-4-7-20)13-14-29(25)24(19)17-21/h2-10,15,17,23,25H,11-14,16,18H2,1H3,(H,27,30)/t23-,25+/m0/s1. The summed E-state index contributed by atoms with van der Waals surface area (Å²) in [5.74, 6) is 0.950. The van der Waals surface area contributed by atoms with Crippen LogP contribution in [0.5, 0.6) is 5.75 Å². The minimum Gasteiger partial charge on any atom is -0.497 e. The molecule has 1 fully saturated rings. The minimum atomic E-state index is -0.0780. The number of anilines is 2. The maximum Gasteiger partial charge on any atom is 0.225 e. The Hall–Kier alpha value is -2.99. The topological polar surface area (TPSA) is 44.8 Å². The Labute approximate surface area is 193 Å². The van der Waals surface area contributed by atoms with Gasteiger partial charge in [0.2, 0.25) is 5.91 Å². The zero-order valence-corrected chi connectivity index (χ0v) is 19.2. The van der Waals surface area contributed by atoms with E-state index in [0.29, 0.717) is 6.54 Å². The molecule has 0 bridgehead atoms. The van der Waals surface area contributed by atoms with E-state index >= 15 is 0 Å². The van der Waals surface area contributed by atoms with Crippen molar-refractivity contribution in [1.29, 1.82) is 0 Å². The molecule has 0 spiro atoms. The minimum absolute atomic E-state index is 0.0780. The molecule has 2 aromatic carbocycles. The number of methoxy groups -OCH3 is 1. The number of nitrogens with zero attached hydrogens (tertiary/aromatic N) is 2. The Balaban J connectivity index is 1.38. The van der Waals surface area contributed by atoms with Crippen LogP contribution < -0.4 is 19.9 Å². The number of piperazine rings is 1. The van der Waals surface area contributed by atoms with Gasteiger partial charge in [-0.15, -0.1) is 11.3 Å². The van der Waals surface area contributed by atoms with Crippen molar-refractivity contribution in [2.24, 2.45) is 5.92 Å². The van der Waals surface area contributed by atoms with Gasteiger partial charge in [0.05, 0.1) is 19.1 Å². The molecule has 0 radical (unpaired) electrons. The van der Waals surface area contributed by atoms with Crippen molar-refractivity contribution in [1.82, 2.24) is 5.32 Å². The summed E-state index contributed by atoms with van der Waals surface area (Å²) in [6, 6.07) is 21.1. The number of fused-ring (bicyclic) bond motifs is 3. The summed E-state index contributed by atoms with van der Waals surface area (Å²) in [6.07, 6.45) is 1.64. The maximum atomic E-state index is 13.4. The van der Waals surface area contributed by atoms with Gasteiger partial charge in [-0.05, 0) is 48.1 Å². The van der Waals surface area contributed by atoms with Gasteiger partial charge in [0.15, 0.2) is 0 Å². The summed E-state index contributed by atoms with van der Waals surface area (Å²) in [6.45, 7) is 3.34. The number of thiophene rings is 1. The van der Waals surface area contributed by atoms with Crippen molar-refractivity contribution >= 4 is 28.6 Å². The lowest BCUT2D eigenvalue weighted by atomic mass is 9.83. The molecule has 2 atom stereocenters. The summed E-state index contributed by atoms with van der Waals surface area (Å²) < 4.78 is 5.50. The van der Waals surface area contributed by atoms with Crippen molar-refractivity contribution in [3.05, 3.63) is 76.5 Å². The summed E-state index contributed by atoms with van der Waals surface area (Å²) in [5.41, 5.74) is 3.67. The molecule has 32 heavy (non-hydrogen) atoms. The lowest BCUT2D eigenvalue weighted by molar-refractivity contribution is -0.125. The summed E-state index contributed by atoms with van der Waals surface area (Å²) in [4.78, 5) is 19.5. The second-order valence-electron chi connectivity index (χ2n) is 8.47. The second kappa shape index (κ2) is 9.25. The Morgan fingerprint density at radius 1 is 1.12 bits per heavy atom. The van der Waals surface area contributed by atoms with Gasteiger partial charge in [-0.25, -0.2) is 0 Å². The predicted octanol–water partition coefficient (Wildman–Crippen LogP) is 3.98. The van der Waals surface area contributed by atoms with E-state index in [2.05, 4.69) is 69.0 Å². The molecule has 5 rings (SSSR count). The number of benzene rings is 2. The fourth-order valence-corrected chi connectivity index (χ4v) is 5.68. The number of carbonyl (C=O) groups is 1. The fourth-order valence-electron chi connectivity index (χ4n) is 4.97. The molecule has 1 aromatic heterocycles. The molecule has 6 heteroatoms. The van der Waals surface area contributed by atoms with Gasteiger partial charge in [-0.1, -0.05) is 30.3 Å². The maximum absolute atomic E-state index is 13.4. The predicted molar refractivity (Wildman–Crippen MR) is 131 cm³/mol. The average Bonchev–Trinajstić information content (AvgIpc) is 3.37. The highest BCUT2D eigenvalue weighted by molar-refractivity contribution is 7.09. The summed E-state index contributed by atoms with van der Waals surface area (Å²) in [5, 5.41) is 5.31. The molecule has 2 aliphatic rings. The highest BCUT2D eigenvalue weighted by Crippen LogP contribution is 2.38. The first-order valence-corrected chi connectivity index (χ1v) is 12.1. The molecular formula is C26H29N3O2S. The molecule has 3 heterocycles. The van der Waals surface area contributed by atoms with Gasteiger partial charge >= 0.3 is 0 Å². The van der Waals surface area contributed by atoms with Crippen LogP contribution in [0.15, 0.2) is 66.0 Å². The first kappa shape index (κ1) is 20.9. The number of hydrogen-bond acceptors (Lipinski definition) is 5. The van der Waals surface area contributed by atoms with Crippen molar-refractivity contribution in [2.75, 3.05) is 43.1 Å². The largest absolute Gasteiger partial charge is 0.497 e. The van der Waals surface area contributed by atoms with Crippen LogP contribution in [-0.2, 0) is 17.6 Å². The van der Waals surface area contributed by atoms with E-state index in [1.54, 1.807) is 18.4 Å². The lowest BCUT2D eigenvalue weighted by Gasteiger charge is -2.49. The Bertz CT molecular complexity index is 1050. The number of nitrogens with one attached hydrogen (secondary N) is 1. The molecule has 0 saturated carbocycles. The Kier molecular flexibility index (Phi) is 6.04. The quantitative estimate of drug-likeness (QED) is 0.621. The van der Waals surface area contributed by atoms with Gasteiger partial charge < -0.3 is 19.9 Å². The molecule has 1 amide bonds. The van der Waals surface area contributed by atoms with Crippen LogP contribution in [0.25, 0.3) is 0 Å². The van der Waals surface area contributed by atoms with Gasteiger partial charge in [0.1, 0.15) is 5.75 Å². The molecule has 1 saturated heterocycles. The van der Waals surface area contributed by atoms with Crippen LogP contribution in [0.2, 0.25) is 0 Å². The van der Waals surface area contributed by atoms with Crippen molar-refractivity contribution in [3.8, 4) is 5.75 Å². The molecule has 5 nitrogen and oxygen atoms in total. The third-order valence-corrected chi connectivity index (χ3v) is 7.57. The van der Waals surface area contributed by atoms with Crippen LogP contribution >= 0.6 is 11.3 Å². The monoisotopic (exact) mass is 447 g/mol. The van der Waals surface area contributed by atoms with Crippen LogP contribution in [0.4, 0.5) is 11.4 Å². The average molecular weight is 448 g/mol. The van der Waals surface area contributed by atoms with E-state index in [4.69, 9.17) is 4.74 Å². The molecule has 0 aliphatic carbocycles. The Morgan fingerprint density at radius 3 is 2.78 bits per heavy atom. The van der Waals surface area contributed by atoms with Gasteiger partial charge in [0, 0.05) is 48.5 Å². The molecule has 2 aliphatic heterocycles. The zero-order valence-electron chi connectivity index (χ0n) is 18.4. The number of ether oxygens (including phenoxy) is 1. The van der Waals surface area contributed by atoms with Crippen molar-refractivity contribution in [2.45, 2.75) is 18.9 Å². The number of hydrogen-bond donors (Lipinski definition) is 1. The number of amides is 1.